The van der Waals surface area contributed by atoms with Crippen LogP contribution >= 0.6 is 0 Å². The van der Waals surface area contributed by atoms with Crippen molar-refractivity contribution in [1.29, 1.82) is 0 Å². The Morgan fingerprint density at radius 2 is 1.80 bits per heavy atom. The van der Waals surface area contributed by atoms with E-state index < -0.39 is 21.0 Å². The van der Waals surface area contributed by atoms with Gasteiger partial charge in [-0.25, -0.2) is 8.42 Å². The highest BCUT2D eigenvalue weighted by Crippen LogP contribution is 2.76. The molecule has 4 bridgehead atoms. The van der Waals surface area contributed by atoms with Gasteiger partial charge in [-0.2, -0.15) is 4.31 Å². The Balaban J connectivity index is 1.41. The monoisotopic (exact) mass is 496 g/mol. The average molecular weight is 497 g/mol. The summed E-state index contributed by atoms with van der Waals surface area (Å²) in [4.78, 5) is 14.3. The fraction of sp³-hybridized carbons (Fsp3) is 0.519. The predicted molar refractivity (Wildman–Crippen MR) is 131 cm³/mol. The number of hydrogen-bond donors (Lipinski definition) is 1. The fourth-order valence-electron chi connectivity index (χ4n) is 7.42. The molecule has 2 aromatic carbocycles. The number of hydrogen-bond acceptors (Lipinski definition) is 5. The van der Waals surface area contributed by atoms with Crippen LogP contribution in [0.15, 0.2) is 53.4 Å². The molecule has 0 radical (unpaired) electrons. The maximum Gasteiger partial charge on any atom is 0.244 e. The zero-order valence-corrected chi connectivity index (χ0v) is 21.2. The van der Waals surface area contributed by atoms with Crippen LogP contribution in [0.4, 0.5) is 0 Å². The Morgan fingerprint density at radius 3 is 2.51 bits per heavy atom. The molecule has 2 aliphatic carbocycles. The van der Waals surface area contributed by atoms with Crippen molar-refractivity contribution in [3.63, 3.8) is 0 Å². The van der Waals surface area contributed by atoms with Crippen LogP contribution in [0.5, 0.6) is 11.5 Å². The van der Waals surface area contributed by atoms with Gasteiger partial charge in [-0.15, -0.1) is 0 Å². The van der Waals surface area contributed by atoms with Crippen molar-refractivity contribution in [1.82, 2.24) is 9.62 Å². The van der Waals surface area contributed by atoms with E-state index in [0.29, 0.717) is 43.6 Å². The maximum atomic E-state index is 14.2. The van der Waals surface area contributed by atoms with E-state index >= 15 is 0 Å². The highest BCUT2D eigenvalue weighted by molar-refractivity contribution is 7.89. The number of carbonyl (C=O) groups is 1. The molecule has 0 aromatic heterocycles. The minimum atomic E-state index is -3.97. The first-order valence-corrected chi connectivity index (χ1v) is 13.9. The first kappa shape index (κ1) is 22.9. The Labute approximate surface area is 206 Å². The molecule has 1 amide bonds. The van der Waals surface area contributed by atoms with Crippen molar-refractivity contribution in [2.75, 3.05) is 19.8 Å². The minimum absolute atomic E-state index is 0.139. The zero-order chi connectivity index (χ0) is 24.6. The molecule has 2 heterocycles. The van der Waals surface area contributed by atoms with Crippen LogP contribution in [0.2, 0.25) is 0 Å². The van der Waals surface area contributed by atoms with Crippen molar-refractivity contribution in [3.8, 4) is 11.5 Å². The van der Waals surface area contributed by atoms with E-state index in [1.54, 1.807) is 12.1 Å². The lowest BCUT2D eigenvalue weighted by Crippen LogP contribution is -2.64. The Bertz CT molecular complexity index is 1300. The number of fused-ring (bicyclic) bond motifs is 1. The van der Waals surface area contributed by atoms with Crippen LogP contribution in [0.3, 0.4) is 0 Å². The first-order valence-electron chi connectivity index (χ1n) is 12.4. The zero-order valence-electron chi connectivity index (χ0n) is 20.4. The largest absolute Gasteiger partial charge is 0.486 e. The molecule has 5 atom stereocenters. The molecule has 7 nitrogen and oxygen atoms in total. The number of carbonyl (C=O) groups excluding carboxylic acids is 1. The van der Waals surface area contributed by atoms with Gasteiger partial charge in [-0.1, -0.05) is 44.2 Å². The fourth-order valence-corrected chi connectivity index (χ4v) is 9.38. The topological polar surface area (TPSA) is 84.9 Å². The van der Waals surface area contributed by atoms with Crippen LogP contribution in [-0.2, 0) is 14.8 Å². The van der Waals surface area contributed by atoms with Crippen LogP contribution in [0.1, 0.15) is 51.6 Å². The third-order valence-corrected chi connectivity index (χ3v) is 11.5. The van der Waals surface area contributed by atoms with E-state index in [0.717, 1.165) is 18.4 Å². The summed E-state index contributed by atoms with van der Waals surface area (Å²) in [5.41, 5.74) is -0.819. The van der Waals surface area contributed by atoms with Gasteiger partial charge >= 0.3 is 0 Å². The second kappa shape index (κ2) is 7.46. The Hall–Kier alpha value is -2.58. The normalized spacial score (nSPS) is 34.1. The molecule has 0 spiro atoms. The van der Waals surface area contributed by atoms with Gasteiger partial charge in [-0.3, -0.25) is 4.79 Å². The highest BCUT2D eigenvalue weighted by atomic mass is 32.2. The van der Waals surface area contributed by atoms with E-state index in [4.69, 9.17) is 9.47 Å². The molecule has 2 saturated carbocycles. The van der Waals surface area contributed by atoms with Gasteiger partial charge < -0.3 is 14.8 Å². The quantitative estimate of drug-likeness (QED) is 0.679. The lowest BCUT2D eigenvalue weighted by molar-refractivity contribution is -0.136. The lowest BCUT2D eigenvalue weighted by Gasteiger charge is -2.46. The SMILES string of the molecule is C[C@H](NC(=O)[C@@]12C[C@H]3CC[C@@]1(C)[C@@]3(C)CN2S(=O)(=O)c1ccc2c(c1)OCCO2)c1ccccc1. The molecule has 1 saturated heterocycles. The minimum Gasteiger partial charge on any atom is -0.486 e. The summed E-state index contributed by atoms with van der Waals surface area (Å²) in [6.45, 7) is 7.42. The van der Waals surface area contributed by atoms with Crippen molar-refractivity contribution >= 4 is 15.9 Å². The van der Waals surface area contributed by atoms with Crippen molar-refractivity contribution < 1.29 is 22.7 Å². The summed E-state index contributed by atoms with van der Waals surface area (Å²) in [7, 11) is -3.97. The molecule has 1 N–H and O–H groups in total. The number of ether oxygens (including phenoxy) is 2. The second-order valence-corrected chi connectivity index (χ2v) is 12.8. The van der Waals surface area contributed by atoms with E-state index in [9.17, 15) is 13.2 Å². The summed E-state index contributed by atoms with van der Waals surface area (Å²) in [5.74, 6) is 1.11. The smallest absolute Gasteiger partial charge is 0.244 e. The molecule has 2 aromatic rings. The molecule has 186 valence electrons. The van der Waals surface area contributed by atoms with Gasteiger partial charge in [0.05, 0.1) is 10.9 Å². The highest BCUT2D eigenvalue weighted by Gasteiger charge is 2.81. The van der Waals surface area contributed by atoms with E-state index in [-0.39, 0.29) is 22.3 Å². The third-order valence-electron chi connectivity index (χ3n) is 9.63. The summed E-state index contributed by atoms with van der Waals surface area (Å²) in [6, 6.07) is 14.3. The van der Waals surface area contributed by atoms with Crippen molar-refractivity contribution in [3.05, 3.63) is 54.1 Å². The van der Waals surface area contributed by atoms with Gasteiger partial charge in [0.2, 0.25) is 15.9 Å². The van der Waals surface area contributed by atoms with Crippen LogP contribution in [0, 0.1) is 16.7 Å². The second-order valence-electron chi connectivity index (χ2n) is 11.0. The Morgan fingerprint density at radius 1 is 1.09 bits per heavy atom. The molecule has 35 heavy (non-hydrogen) atoms. The number of nitrogens with one attached hydrogen (secondary N) is 1. The molecular weight excluding hydrogens is 464 g/mol. The van der Waals surface area contributed by atoms with Crippen LogP contribution in [0.25, 0.3) is 0 Å². The van der Waals surface area contributed by atoms with Crippen molar-refractivity contribution in [2.24, 2.45) is 16.7 Å². The van der Waals surface area contributed by atoms with Gasteiger partial charge in [0, 0.05) is 18.0 Å². The molecule has 8 heteroatoms. The van der Waals surface area contributed by atoms with Gasteiger partial charge in [-0.05, 0) is 55.2 Å². The predicted octanol–water partition coefficient (Wildman–Crippen LogP) is 3.90. The van der Waals surface area contributed by atoms with Crippen molar-refractivity contribution in [2.45, 2.75) is 56.5 Å². The van der Waals surface area contributed by atoms with E-state index in [1.807, 2.05) is 37.3 Å². The molecule has 2 aliphatic heterocycles. The summed E-state index contributed by atoms with van der Waals surface area (Å²) >= 11 is 0. The molecule has 0 unspecified atom stereocenters. The molecule has 3 fully saturated rings. The molecule has 4 aliphatic rings. The molecular formula is C27H32N2O5S. The number of piperidine rings is 1. The van der Waals surface area contributed by atoms with E-state index in [1.165, 1.54) is 10.4 Å². The molecule has 6 rings (SSSR count). The van der Waals surface area contributed by atoms with Gasteiger partial charge in [0.1, 0.15) is 18.8 Å². The number of sulfonamides is 1. The standard InChI is InChI=1S/C27H32N2O5S/c1-18(19-7-5-4-6-8-19)28-24(30)27-16-20-11-12-26(27,3)25(20,2)17-29(27)35(31,32)21-9-10-22-23(15-21)34-14-13-33-22/h4-10,15,18,20H,11-14,16-17H2,1-3H3,(H,28,30)/t18-,20+,25-,26-,27-/m0/s1. The van der Waals surface area contributed by atoms with E-state index in [2.05, 4.69) is 19.2 Å². The number of benzene rings is 2. The number of rotatable bonds is 5. The number of nitrogens with zero attached hydrogens (tertiary/aromatic N) is 1. The number of amides is 1. The summed E-state index contributed by atoms with van der Waals surface area (Å²) in [5, 5.41) is 3.20. The van der Waals surface area contributed by atoms with Gasteiger partial charge in [0.15, 0.2) is 11.5 Å². The average Bonchev–Trinajstić information content (AvgIpc) is 3.33. The Kier molecular flexibility index (Phi) is 4.87. The summed E-state index contributed by atoms with van der Waals surface area (Å²) < 4.78 is 41.1. The summed E-state index contributed by atoms with van der Waals surface area (Å²) in [6.07, 6.45) is 2.43. The third kappa shape index (κ3) is 2.87. The first-order chi connectivity index (χ1) is 16.6. The van der Waals surface area contributed by atoms with Crippen LogP contribution in [-0.4, -0.2) is 43.9 Å². The maximum absolute atomic E-state index is 14.2. The van der Waals surface area contributed by atoms with Gasteiger partial charge in [0.25, 0.3) is 0 Å². The lowest BCUT2D eigenvalue weighted by atomic mass is 9.65. The van der Waals surface area contributed by atoms with Crippen LogP contribution < -0.4 is 14.8 Å².